The van der Waals surface area contributed by atoms with Gasteiger partial charge in [-0.05, 0) is 59.2 Å². The van der Waals surface area contributed by atoms with Gasteiger partial charge in [0.1, 0.15) is 29.8 Å². The molecule has 222 valence electrons. The first-order valence-electron chi connectivity index (χ1n) is 13.2. The summed E-state index contributed by atoms with van der Waals surface area (Å²) >= 11 is 0. The number of rotatable bonds is 9. The van der Waals surface area contributed by atoms with Gasteiger partial charge in [-0.2, -0.15) is 0 Å². The Labute approximate surface area is 235 Å². The van der Waals surface area contributed by atoms with Crippen molar-refractivity contribution in [2.75, 3.05) is 39.1 Å². The molecule has 0 aromatic heterocycles. The van der Waals surface area contributed by atoms with Crippen LogP contribution in [0.5, 0.6) is 0 Å². The number of anilines is 1. The number of nitrogens with one attached hydrogen (secondary N) is 2. The fraction of sp³-hybridized carbons (Fsp3) is 0.607. The Morgan fingerprint density at radius 1 is 0.950 bits per heavy atom. The second-order valence-corrected chi connectivity index (χ2v) is 11.5. The number of piperazine rings is 1. The van der Waals surface area contributed by atoms with Gasteiger partial charge in [0.05, 0.1) is 13.5 Å². The fourth-order valence-electron chi connectivity index (χ4n) is 4.12. The van der Waals surface area contributed by atoms with Crippen molar-refractivity contribution in [3.63, 3.8) is 0 Å². The standard InChI is InChI=1S/C28H42N4O8/c1-27(2,3)39-23(34)17-31-13-14-32(21(25(31)36)16-22(33)38-8)24(35)20(30-26(37)40-28(4,5)6)15-18-9-11-19(29-7)12-10-18/h9-12,20-21,29H,13-17H2,1-8H3,(H,30,37)/t20-,21-/m0/s1. The van der Waals surface area contributed by atoms with E-state index in [1.165, 1.54) is 16.9 Å². The summed E-state index contributed by atoms with van der Waals surface area (Å²) in [6, 6.07) is 4.98. The molecule has 1 aliphatic rings. The minimum absolute atomic E-state index is 0.0280. The van der Waals surface area contributed by atoms with Crippen LogP contribution in [0.15, 0.2) is 24.3 Å². The summed E-state index contributed by atoms with van der Waals surface area (Å²) in [4.78, 5) is 67.2. The third-order valence-electron chi connectivity index (χ3n) is 5.87. The van der Waals surface area contributed by atoms with E-state index >= 15 is 0 Å². The number of hydrogen-bond donors (Lipinski definition) is 2. The van der Waals surface area contributed by atoms with Crippen molar-refractivity contribution in [2.24, 2.45) is 0 Å². The zero-order valence-electron chi connectivity index (χ0n) is 24.7. The molecule has 2 atom stereocenters. The Morgan fingerprint density at radius 2 is 1.55 bits per heavy atom. The molecule has 40 heavy (non-hydrogen) atoms. The zero-order chi connectivity index (χ0) is 30.3. The van der Waals surface area contributed by atoms with Crippen molar-refractivity contribution in [2.45, 2.75) is 77.7 Å². The Hall–Kier alpha value is -3.83. The number of nitrogens with zero attached hydrogens (tertiary/aromatic N) is 2. The second kappa shape index (κ2) is 13.5. The van der Waals surface area contributed by atoms with E-state index in [0.717, 1.165) is 11.3 Å². The second-order valence-electron chi connectivity index (χ2n) is 11.5. The number of benzene rings is 1. The number of esters is 2. The van der Waals surface area contributed by atoms with E-state index in [1.54, 1.807) is 48.6 Å². The van der Waals surface area contributed by atoms with Crippen LogP contribution in [0, 0.1) is 0 Å². The lowest BCUT2D eigenvalue weighted by Crippen LogP contribution is -2.63. The average molecular weight is 563 g/mol. The number of ether oxygens (including phenoxy) is 3. The van der Waals surface area contributed by atoms with Crippen LogP contribution in [0.2, 0.25) is 0 Å². The van der Waals surface area contributed by atoms with Gasteiger partial charge in [-0.3, -0.25) is 19.2 Å². The van der Waals surface area contributed by atoms with Crippen molar-refractivity contribution in [1.29, 1.82) is 0 Å². The molecule has 0 bridgehead atoms. The molecular weight excluding hydrogens is 520 g/mol. The maximum Gasteiger partial charge on any atom is 0.408 e. The highest BCUT2D eigenvalue weighted by Crippen LogP contribution is 2.20. The number of amides is 3. The van der Waals surface area contributed by atoms with Gasteiger partial charge < -0.3 is 34.6 Å². The predicted molar refractivity (Wildman–Crippen MR) is 147 cm³/mol. The minimum atomic E-state index is -1.23. The van der Waals surface area contributed by atoms with Crippen molar-refractivity contribution >= 4 is 35.5 Å². The van der Waals surface area contributed by atoms with Gasteiger partial charge in [0.15, 0.2) is 0 Å². The summed E-state index contributed by atoms with van der Waals surface area (Å²) in [5.41, 5.74) is 0.0855. The normalized spacial score (nSPS) is 16.6. The van der Waals surface area contributed by atoms with Crippen LogP contribution in [-0.2, 0) is 39.8 Å². The third-order valence-corrected chi connectivity index (χ3v) is 5.87. The van der Waals surface area contributed by atoms with Crippen LogP contribution in [0.1, 0.15) is 53.5 Å². The molecule has 12 heteroatoms. The van der Waals surface area contributed by atoms with Crippen LogP contribution in [-0.4, -0.2) is 96.7 Å². The average Bonchev–Trinajstić information content (AvgIpc) is 2.83. The van der Waals surface area contributed by atoms with E-state index in [0.29, 0.717) is 0 Å². The maximum atomic E-state index is 13.9. The molecule has 0 saturated carbocycles. The zero-order valence-corrected chi connectivity index (χ0v) is 24.7. The predicted octanol–water partition coefficient (Wildman–Crippen LogP) is 2.11. The molecule has 12 nitrogen and oxygen atoms in total. The topological polar surface area (TPSA) is 144 Å². The number of alkyl carbamates (subject to hydrolysis) is 1. The Kier molecular flexibility index (Phi) is 10.9. The summed E-state index contributed by atoms with van der Waals surface area (Å²) < 4.78 is 15.5. The van der Waals surface area contributed by atoms with Gasteiger partial charge in [0.2, 0.25) is 11.8 Å². The van der Waals surface area contributed by atoms with Crippen LogP contribution in [0.3, 0.4) is 0 Å². The van der Waals surface area contributed by atoms with Crippen molar-refractivity contribution in [1.82, 2.24) is 15.1 Å². The Morgan fingerprint density at radius 3 is 2.08 bits per heavy atom. The smallest absolute Gasteiger partial charge is 0.408 e. The first kappa shape index (κ1) is 32.4. The van der Waals surface area contributed by atoms with Gasteiger partial charge in [0, 0.05) is 32.2 Å². The highest BCUT2D eigenvalue weighted by Gasteiger charge is 2.42. The Balaban J connectivity index is 2.34. The Bertz CT molecular complexity index is 1080. The molecule has 1 heterocycles. The van der Waals surface area contributed by atoms with E-state index in [1.807, 2.05) is 24.3 Å². The van der Waals surface area contributed by atoms with E-state index in [9.17, 15) is 24.0 Å². The molecule has 1 fully saturated rings. The largest absolute Gasteiger partial charge is 0.469 e. The van der Waals surface area contributed by atoms with E-state index in [-0.39, 0.29) is 26.1 Å². The summed E-state index contributed by atoms with van der Waals surface area (Å²) in [6.07, 6.45) is -1.10. The molecule has 0 spiro atoms. The highest BCUT2D eigenvalue weighted by atomic mass is 16.6. The van der Waals surface area contributed by atoms with Crippen molar-refractivity contribution in [3.8, 4) is 0 Å². The molecule has 0 unspecified atom stereocenters. The van der Waals surface area contributed by atoms with Gasteiger partial charge >= 0.3 is 18.0 Å². The molecule has 0 radical (unpaired) electrons. The summed E-state index contributed by atoms with van der Waals surface area (Å²) in [5.74, 6) is -2.46. The summed E-state index contributed by atoms with van der Waals surface area (Å²) in [6.45, 7) is 10.00. The molecule has 3 amide bonds. The minimum Gasteiger partial charge on any atom is -0.469 e. The monoisotopic (exact) mass is 562 g/mol. The lowest BCUT2D eigenvalue weighted by molar-refractivity contribution is -0.164. The van der Waals surface area contributed by atoms with E-state index in [4.69, 9.17) is 14.2 Å². The number of methoxy groups -OCH3 is 1. The summed E-state index contributed by atoms with van der Waals surface area (Å²) in [7, 11) is 2.97. The first-order valence-corrected chi connectivity index (χ1v) is 13.2. The molecule has 2 rings (SSSR count). The molecule has 2 N–H and O–H groups in total. The van der Waals surface area contributed by atoms with Crippen LogP contribution >= 0.6 is 0 Å². The lowest BCUT2D eigenvalue weighted by atomic mass is 10.0. The number of carbonyl (C=O) groups excluding carboxylic acids is 5. The summed E-state index contributed by atoms with van der Waals surface area (Å²) in [5, 5.41) is 5.66. The third kappa shape index (κ3) is 10.0. The molecule has 1 aromatic carbocycles. The van der Waals surface area contributed by atoms with Gasteiger partial charge in [-0.15, -0.1) is 0 Å². The van der Waals surface area contributed by atoms with Crippen LogP contribution in [0.4, 0.5) is 10.5 Å². The maximum absolute atomic E-state index is 13.9. The van der Waals surface area contributed by atoms with Gasteiger partial charge in [-0.25, -0.2) is 4.79 Å². The number of hydrogen-bond acceptors (Lipinski definition) is 9. The first-order chi connectivity index (χ1) is 18.5. The highest BCUT2D eigenvalue weighted by molar-refractivity contribution is 5.95. The quantitative estimate of drug-likeness (QED) is 0.342. The van der Waals surface area contributed by atoms with Crippen LogP contribution in [0.25, 0.3) is 0 Å². The van der Waals surface area contributed by atoms with Gasteiger partial charge in [-0.1, -0.05) is 12.1 Å². The molecule has 1 saturated heterocycles. The van der Waals surface area contributed by atoms with Crippen molar-refractivity contribution in [3.05, 3.63) is 29.8 Å². The SMILES string of the molecule is CNc1ccc(C[C@H](NC(=O)OC(C)(C)C)C(=O)N2CCN(CC(=O)OC(C)(C)C)C(=O)[C@@H]2CC(=O)OC)cc1. The van der Waals surface area contributed by atoms with Gasteiger partial charge in [0.25, 0.3) is 0 Å². The molecule has 0 aliphatic carbocycles. The van der Waals surface area contributed by atoms with E-state index < -0.39 is 59.6 Å². The lowest BCUT2D eigenvalue weighted by Gasteiger charge is -2.41. The molecule has 1 aromatic rings. The molecular formula is C28H42N4O8. The molecule has 1 aliphatic heterocycles. The van der Waals surface area contributed by atoms with E-state index in [2.05, 4.69) is 10.6 Å². The fourth-order valence-corrected chi connectivity index (χ4v) is 4.12. The van der Waals surface area contributed by atoms with Crippen molar-refractivity contribution < 1.29 is 38.2 Å². The number of carbonyl (C=O) groups is 5. The van der Waals surface area contributed by atoms with Crippen LogP contribution < -0.4 is 10.6 Å².